The highest BCUT2D eigenvalue weighted by Crippen LogP contribution is 2.16. The summed E-state index contributed by atoms with van der Waals surface area (Å²) in [5, 5.41) is 4.99. The third-order valence-corrected chi connectivity index (χ3v) is 4.92. The van der Waals surface area contributed by atoms with E-state index in [4.69, 9.17) is 10.5 Å². The summed E-state index contributed by atoms with van der Waals surface area (Å²) >= 11 is 1.53. The number of piperidine rings is 1. The van der Waals surface area contributed by atoms with E-state index in [1.165, 1.54) is 11.3 Å². The van der Waals surface area contributed by atoms with E-state index in [-0.39, 0.29) is 24.4 Å². The quantitative estimate of drug-likeness (QED) is 0.763. The Bertz CT molecular complexity index is 725. The molecule has 0 aliphatic carbocycles. The molecule has 2 aromatic rings. The van der Waals surface area contributed by atoms with Crippen LogP contribution in [-0.2, 0) is 11.4 Å². The van der Waals surface area contributed by atoms with Gasteiger partial charge in [-0.3, -0.25) is 14.5 Å². The number of primary amides is 1. The van der Waals surface area contributed by atoms with Gasteiger partial charge in [0.25, 0.3) is 5.91 Å². The minimum Gasteiger partial charge on any atom is -0.487 e. The summed E-state index contributed by atoms with van der Waals surface area (Å²) in [6.45, 7) is 2.22. The van der Waals surface area contributed by atoms with Gasteiger partial charge in [0.05, 0.1) is 17.7 Å². The molecule has 3 N–H and O–H groups in total. The maximum atomic E-state index is 12.4. The normalized spacial score (nSPS) is 15.5. The minimum atomic E-state index is -0.315. The lowest BCUT2D eigenvalue weighted by molar-refractivity contribution is -0.119. The van der Waals surface area contributed by atoms with Crippen molar-refractivity contribution in [2.45, 2.75) is 25.5 Å². The maximum Gasteiger partial charge on any atom is 0.251 e. The van der Waals surface area contributed by atoms with Gasteiger partial charge in [0, 0.05) is 30.1 Å². The summed E-state index contributed by atoms with van der Waals surface area (Å²) in [6.07, 6.45) is 1.63. The number of hydrogen-bond acceptors (Lipinski definition) is 6. The van der Waals surface area contributed by atoms with Crippen LogP contribution in [0, 0.1) is 0 Å². The predicted octanol–water partition coefficient (Wildman–Crippen LogP) is 1.40. The Hall–Kier alpha value is -2.45. The highest BCUT2D eigenvalue weighted by Gasteiger charge is 2.21. The van der Waals surface area contributed by atoms with Crippen molar-refractivity contribution in [1.29, 1.82) is 0 Å². The van der Waals surface area contributed by atoms with Crippen molar-refractivity contribution in [2.24, 2.45) is 5.73 Å². The average molecular weight is 374 g/mol. The minimum absolute atomic E-state index is 0.0931. The fraction of sp³-hybridized carbons (Fsp3) is 0.389. The molecule has 0 unspecified atom stereocenters. The molecule has 26 heavy (non-hydrogen) atoms. The third kappa shape index (κ3) is 5.27. The van der Waals surface area contributed by atoms with Crippen molar-refractivity contribution in [2.75, 3.05) is 19.6 Å². The van der Waals surface area contributed by atoms with Gasteiger partial charge in [-0.15, -0.1) is 11.3 Å². The molecule has 0 saturated carbocycles. The van der Waals surface area contributed by atoms with Crippen LogP contribution in [-0.4, -0.2) is 47.4 Å². The summed E-state index contributed by atoms with van der Waals surface area (Å²) in [7, 11) is 0. The molecular weight excluding hydrogens is 352 g/mol. The van der Waals surface area contributed by atoms with Crippen LogP contribution in [0.1, 0.15) is 28.9 Å². The Balaban J connectivity index is 1.45. The molecule has 1 fully saturated rings. The van der Waals surface area contributed by atoms with E-state index in [0.29, 0.717) is 17.9 Å². The molecule has 1 aliphatic rings. The van der Waals surface area contributed by atoms with Crippen LogP contribution in [0.3, 0.4) is 0 Å². The van der Waals surface area contributed by atoms with Gasteiger partial charge in [-0.05, 0) is 37.1 Å². The number of thiazole rings is 1. The van der Waals surface area contributed by atoms with Crippen LogP contribution in [0.15, 0.2) is 35.2 Å². The van der Waals surface area contributed by atoms with Gasteiger partial charge in [0.2, 0.25) is 5.91 Å². The van der Waals surface area contributed by atoms with Gasteiger partial charge in [-0.1, -0.05) is 0 Å². The Morgan fingerprint density at radius 2 is 2.00 bits per heavy atom. The number of benzene rings is 1. The monoisotopic (exact) mass is 374 g/mol. The first-order chi connectivity index (χ1) is 12.6. The molecule has 0 atom stereocenters. The lowest BCUT2D eigenvalue weighted by Crippen LogP contribution is -2.46. The van der Waals surface area contributed by atoms with Gasteiger partial charge in [0.1, 0.15) is 12.4 Å². The number of nitrogens with two attached hydrogens (primary N) is 1. The average Bonchev–Trinajstić information content (AvgIpc) is 3.15. The summed E-state index contributed by atoms with van der Waals surface area (Å²) in [5.41, 5.74) is 8.47. The fourth-order valence-electron chi connectivity index (χ4n) is 2.89. The zero-order valence-corrected chi connectivity index (χ0v) is 15.2. The number of carbonyl (C=O) groups is 2. The molecule has 7 nitrogen and oxygen atoms in total. The van der Waals surface area contributed by atoms with Gasteiger partial charge in [-0.25, -0.2) is 4.98 Å². The topological polar surface area (TPSA) is 97.6 Å². The number of hydrogen-bond donors (Lipinski definition) is 2. The van der Waals surface area contributed by atoms with E-state index in [1.807, 2.05) is 10.3 Å². The van der Waals surface area contributed by atoms with Gasteiger partial charge >= 0.3 is 0 Å². The smallest absolute Gasteiger partial charge is 0.251 e. The lowest BCUT2D eigenvalue weighted by Gasteiger charge is -2.31. The second kappa shape index (κ2) is 8.77. The van der Waals surface area contributed by atoms with Crippen LogP contribution in [0.4, 0.5) is 0 Å². The molecule has 2 amide bonds. The molecule has 138 valence electrons. The molecule has 1 aromatic heterocycles. The molecule has 1 aliphatic heterocycles. The number of amides is 2. The number of rotatable bonds is 7. The van der Waals surface area contributed by atoms with Crippen molar-refractivity contribution < 1.29 is 14.3 Å². The SMILES string of the molecule is NC(=O)CN1CCC(NC(=O)c2ccc(OCc3cscn3)cc2)CC1. The van der Waals surface area contributed by atoms with Crippen molar-refractivity contribution in [3.05, 3.63) is 46.4 Å². The van der Waals surface area contributed by atoms with Gasteiger partial charge in [0.15, 0.2) is 0 Å². The highest BCUT2D eigenvalue weighted by molar-refractivity contribution is 7.07. The zero-order valence-electron chi connectivity index (χ0n) is 14.4. The Kier molecular flexibility index (Phi) is 6.19. The Morgan fingerprint density at radius 3 is 2.62 bits per heavy atom. The predicted molar refractivity (Wildman–Crippen MR) is 99.0 cm³/mol. The number of aromatic nitrogens is 1. The van der Waals surface area contributed by atoms with Crippen LogP contribution in [0.5, 0.6) is 5.75 Å². The van der Waals surface area contributed by atoms with Crippen LogP contribution < -0.4 is 15.8 Å². The molecule has 1 saturated heterocycles. The molecule has 1 aromatic carbocycles. The van der Waals surface area contributed by atoms with Gasteiger partial charge < -0.3 is 15.8 Å². The number of carbonyl (C=O) groups excluding carboxylic acids is 2. The zero-order chi connectivity index (χ0) is 18.4. The summed E-state index contributed by atoms with van der Waals surface area (Å²) in [6, 6.07) is 7.21. The summed E-state index contributed by atoms with van der Waals surface area (Å²) < 4.78 is 5.65. The van der Waals surface area contributed by atoms with Crippen molar-refractivity contribution in [3.8, 4) is 5.75 Å². The van der Waals surface area contributed by atoms with E-state index in [9.17, 15) is 9.59 Å². The maximum absolute atomic E-state index is 12.4. The summed E-state index contributed by atoms with van der Waals surface area (Å²) in [4.78, 5) is 29.5. The molecule has 0 spiro atoms. The van der Waals surface area contributed by atoms with E-state index < -0.39 is 0 Å². The van der Waals surface area contributed by atoms with E-state index >= 15 is 0 Å². The second-order valence-corrected chi connectivity index (χ2v) is 7.00. The molecule has 2 heterocycles. The molecule has 0 bridgehead atoms. The molecule has 0 radical (unpaired) electrons. The lowest BCUT2D eigenvalue weighted by atomic mass is 10.0. The first-order valence-corrected chi connectivity index (χ1v) is 9.46. The van der Waals surface area contributed by atoms with Crippen LogP contribution in [0.25, 0.3) is 0 Å². The molecular formula is C18H22N4O3S. The van der Waals surface area contributed by atoms with Crippen molar-refractivity contribution in [1.82, 2.24) is 15.2 Å². The highest BCUT2D eigenvalue weighted by atomic mass is 32.1. The number of nitrogens with zero attached hydrogens (tertiary/aromatic N) is 2. The van der Waals surface area contributed by atoms with Crippen molar-refractivity contribution >= 4 is 23.2 Å². The van der Waals surface area contributed by atoms with Crippen LogP contribution >= 0.6 is 11.3 Å². The van der Waals surface area contributed by atoms with Crippen LogP contribution in [0.2, 0.25) is 0 Å². The van der Waals surface area contributed by atoms with E-state index in [0.717, 1.165) is 31.6 Å². The summed E-state index contributed by atoms with van der Waals surface area (Å²) in [5.74, 6) is 0.295. The Labute approximate surface area is 156 Å². The fourth-order valence-corrected chi connectivity index (χ4v) is 3.44. The third-order valence-electron chi connectivity index (χ3n) is 4.29. The van der Waals surface area contributed by atoms with E-state index in [2.05, 4.69) is 10.3 Å². The van der Waals surface area contributed by atoms with E-state index in [1.54, 1.807) is 29.8 Å². The molecule has 3 rings (SSSR count). The first-order valence-electron chi connectivity index (χ1n) is 8.51. The number of ether oxygens (including phenoxy) is 1. The second-order valence-electron chi connectivity index (χ2n) is 6.28. The standard InChI is InChI=1S/C18H22N4O3S/c19-17(23)9-22-7-5-14(6-8-22)21-18(24)13-1-3-16(4-2-13)25-10-15-11-26-12-20-15/h1-4,11-12,14H,5-10H2,(H2,19,23)(H,21,24). The first kappa shape index (κ1) is 18.3. The Morgan fingerprint density at radius 1 is 1.27 bits per heavy atom. The van der Waals surface area contributed by atoms with Crippen molar-refractivity contribution in [3.63, 3.8) is 0 Å². The number of likely N-dealkylation sites (tertiary alicyclic amines) is 1. The number of nitrogens with one attached hydrogen (secondary N) is 1. The largest absolute Gasteiger partial charge is 0.487 e. The molecule has 8 heteroatoms. The van der Waals surface area contributed by atoms with Gasteiger partial charge in [-0.2, -0.15) is 0 Å².